The summed E-state index contributed by atoms with van der Waals surface area (Å²) in [5.41, 5.74) is 0.383. The Morgan fingerprint density at radius 2 is 1.38 bits per heavy atom. The highest BCUT2D eigenvalue weighted by atomic mass is 16.7. The van der Waals surface area contributed by atoms with Gasteiger partial charge in [0.2, 0.25) is 6.29 Å². The molecule has 9 nitrogen and oxygen atoms in total. The number of ether oxygens (including phenoxy) is 5. The lowest BCUT2D eigenvalue weighted by atomic mass is 9.83. The van der Waals surface area contributed by atoms with Gasteiger partial charge in [-0.15, -0.1) is 6.42 Å². The number of aliphatic hydroxyl groups is 1. The van der Waals surface area contributed by atoms with E-state index < -0.39 is 41.7 Å². The molecule has 1 aliphatic heterocycles. The summed E-state index contributed by atoms with van der Waals surface area (Å²) in [7, 11) is 0. The first kappa shape index (κ1) is 29.4. The lowest BCUT2D eigenvalue weighted by molar-refractivity contribution is -0.628. The Hall–Kier alpha value is -3.62. The molecule has 1 saturated heterocycles. The minimum Gasteiger partial charge on any atom is -0.389 e. The van der Waals surface area contributed by atoms with Crippen molar-refractivity contribution in [1.82, 2.24) is 0 Å². The number of hydrogen-bond acceptors (Lipinski definition) is 8. The Balaban J connectivity index is 1.67. The summed E-state index contributed by atoms with van der Waals surface area (Å²) in [5, 5.41) is 23.2. The Morgan fingerprint density at radius 1 is 0.850 bits per heavy atom. The van der Waals surface area contributed by atoms with Crippen LogP contribution in [0.15, 0.2) is 91.0 Å². The highest BCUT2D eigenvalue weighted by molar-refractivity contribution is 5.16. The minimum atomic E-state index is -2.22. The van der Waals surface area contributed by atoms with E-state index in [0.717, 1.165) is 16.7 Å². The van der Waals surface area contributed by atoms with Crippen LogP contribution in [0.1, 0.15) is 16.7 Å². The summed E-state index contributed by atoms with van der Waals surface area (Å²) in [6.45, 7) is -0.723. The molecule has 0 radical (unpaired) electrons. The molecule has 0 bridgehead atoms. The monoisotopic (exact) mass is 547 g/mol. The number of nitrogens with zero attached hydrogens (tertiary/aromatic N) is 1. The van der Waals surface area contributed by atoms with Crippen molar-refractivity contribution in [3.05, 3.63) is 118 Å². The van der Waals surface area contributed by atoms with Crippen molar-refractivity contribution < 1.29 is 33.7 Å². The van der Waals surface area contributed by atoms with E-state index >= 15 is 0 Å². The molecule has 3 aromatic carbocycles. The van der Waals surface area contributed by atoms with Crippen LogP contribution >= 0.6 is 0 Å². The van der Waals surface area contributed by atoms with E-state index in [2.05, 4.69) is 5.92 Å². The Morgan fingerprint density at radius 3 is 1.88 bits per heavy atom. The molecule has 9 heteroatoms. The second-order valence-electron chi connectivity index (χ2n) is 9.41. The van der Waals surface area contributed by atoms with Gasteiger partial charge in [0.1, 0.15) is 25.4 Å². The zero-order valence-electron chi connectivity index (χ0n) is 22.0. The maximum atomic E-state index is 12.7. The van der Waals surface area contributed by atoms with Gasteiger partial charge in [-0.3, -0.25) is 10.1 Å². The van der Waals surface area contributed by atoms with Gasteiger partial charge in [0, 0.05) is 4.92 Å². The average Bonchev–Trinajstić information content (AvgIpc) is 2.99. The molecule has 210 valence electrons. The fraction of sp³-hybridized carbons (Fsp3) is 0.355. The van der Waals surface area contributed by atoms with E-state index in [1.165, 1.54) is 0 Å². The van der Waals surface area contributed by atoms with Gasteiger partial charge in [-0.25, -0.2) is 0 Å². The van der Waals surface area contributed by atoms with Gasteiger partial charge in [-0.05, 0) is 16.7 Å². The molecule has 3 aromatic rings. The first-order valence-corrected chi connectivity index (χ1v) is 13.0. The van der Waals surface area contributed by atoms with Crippen molar-refractivity contribution in [2.45, 2.75) is 50.0 Å². The minimum absolute atomic E-state index is 0.0225. The second kappa shape index (κ2) is 14.7. The fourth-order valence-corrected chi connectivity index (χ4v) is 4.65. The SMILES string of the molecule is C#CCO[C@H]1O[C@H](COCc2ccccc2)[C@H](OCc2ccccc2)[C@H](OCc2ccccc2)[C@@]1(CO)[N+](=O)[O-]. The van der Waals surface area contributed by atoms with Crippen LogP contribution in [-0.4, -0.2) is 60.0 Å². The molecule has 5 atom stereocenters. The van der Waals surface area contributed by atoms with E-state index in [1.807, 2.05) is 91.0 Å². The normalized spacial score (nSPS) is 24.3. The van der Waals surface area contributed by atoms with Crippen LogP contribution in [0, 0.1) is 22.5 Å². The number of aliphatic hydroxyl groups excluding tert-OH is 1. The topological polar surface area (TPSA) is 110 Å². The van der Waals surface area contributed by atoms with Crippen LogP contribution in [0.5, 0.6) is 0 Å². The summed E-state index contributed by atoms with van der Waals surface area (Å²) in [6.07, 6.45) is 0.760. The summed E-state index contributed by atoms with van der Waals surface area (Å²) in [4.78, 5) is 12.1. The average molecular weight is 548 g/mol. The van der Waals surface area contributed by atoms with Crippen molar-refractivity contribution in [3.63, 3.8) is 0 Å². The van der Waals surface area contributed by atoms with Gasteiger partial charge < -0.3 is 28.8 Å². The molecule has 1 aliphatic rings. The van der Waals surface area contributed by atoms with Gasteiger partial charge >= 0.3 is 5.54 Å². The molecular weight excluding hydrogens is 514 g/mol. The molecule has 0 spiro atoms. The van der Waals surface area contributed by atoms with Crippen LogP contribution in [0.25, 0.3) is 0 Å². The molecule has 4 rings (SSSR count). The molecule has 0 aliphatic carbocycles. The first-order chi connectivity index (χ1) is 19.6. The Kier molecular flexibility index (Phi) is 10.8. The van der Waals surface area contributed by atoms with Gasteiger partial charge in [0.05, 0.1) is 26.4 Å². The maximum Gasteiger partial charge on any atom is 0.322 e. The van der Waals surface area contributed by atoms with Crippen LogP contribution in [0.3, 0.4) is 0 Å². The lowest BCUT2D eigenvalue weighted by Crippen LogP contribution is -2.73. The third-order valence-electron chi connectivity index (χ3n) is 6.73. The summed E-state index contributed by atoms with van der Waals surface area (Å²) < 4.78 is 30.3. The quantitative estimate of drug-likeness (QED) is 0.185. The van der Waals surface area contributed by atoms with E-state index in [1.54, 1.807) is 0 Å². The number of nitro groups is 1. The van der Waals surface area contributed by atoms with E-state index in [0.29, 0.717) is 0 Å². The third-order valence-corrected chi connectivity index (χ3v) is 6.73. The number of hydrogen-bond donors (Lipinski definition) is 1. The zero-order chi connectivity index (χ0) is 28.2. The van der Waals surface area contributed by atoms with Gasteiger partial charge in [0.15, 0.2) is 6.10 Å². The molecule has 1 fully saturated rings. The highest BCUT2D eigenvalue weighted by Crippen LogP contribution is 2.38. The summed E-state index contributed by atoms with van der Waals surface area (Å²) in [5.74, 6) is 2.32. The van der Waals surface area contributed by atoms with E-state index in [4.69, 9.17) is 30.1 Å². The Labute approximate surface area is 233 Å². The van der Waals surface area contributed by atoms with Crippen molar-refractivity contribution in [1.29, 1.82) is 0 Å². The highest BCUT2D eigenvalue weighted by Gasteiger charge is 2.67. The standard InChI is InChI=1S/C31H33NO8/c1-2-18-37-30-31(23-33,32(34)35)29(39-21-26-16-10-5-11-17-26)28(38-20-25-14-8-4-9-15-25)27(40-30)22-36-19-24-12-6-3-7-13-24/h1,3-17,27-30,33H,18-23H2/t27-,28+,29+,30+,31-/m1/s1. The van der Waals surface area contributed by atoms with Crippen LogP contribution in [-0.2, 0) is 43.5 Å². The molecule has 0 saturated carbocycles. The molecular formula is C31H33NO8. The second-order valence-corrected chi connectivity index (χ2v) is 9.41. The summed E-state index contributed by atoms with van der Waals surface area (Å²) >= 11 is 0. The molecule has 0 aromatic heterocycles. The van der Waals surface area contributed by atoms with Crippen LogP contribution in [0.2, 0.25) is 0 Å². The zero-order valence-corrected chi connectivity index (χ0v) is 22.0. The van der Waals surface area contributed by atoms with Crippen LogP contribution in [0.4, 0.5) is 0 Å². The number of benzene rings is 3. The van der Waals surface area contributed by atoms with Crippen molar-refractivity contribution >= 4 is 0 Å². The third kappa shape index (κ3) is 7.11. The van der Waals surface area contributed by atoms with Gasteiger partial charge in [-0.1, -0.05) is 96.9 Å². The largest absolute Gasteiger partial charge is 0.389 e. The smallest absolute Gasteiger partial charge is 0.322 e. The fourth-order valence-electron chi connectivity index (χ4n) is 4.65. The predicted octanol–water partition coefficient (Wildman–Crippen LogP) is 3.76. The summed E-state index contributed by atoms with van der Waals surface area (Å²) in [6, 6.07) is 28.2. The molecule has 1 N–H and O–H groups in total. The predicted molar refractivity (Wildman–Crippen MR) is 146 cm³/mol. The van der Waals surface area contributed by atoms with Crippen LogP contribution < -0.4 is 0 Å². The Bertz CT molecular complexity index is 1220. The van der Waals surface area contributed by atoms with Gasteiger partial charge in [0.25, 0.3) is 0 Å². The number of rotatable bonds is 14. The molecule has 0 unspecified atom stereocenters. The molecule has 40 heavy (non-hydrogen) atoms. The van der Waals surface area contributed by atoms with Crippen molar-refractivity contribution in [3.8, 4) is 12.3 Å². The van der Waals surface area contributed by atoms with Gasteiger partial charge in [-0.2, -0.15) is 0 Å². The van der Waals surface area contributed by atoms with Crippen molar-refractivity contribution in [2.24, 2.45) is 0 Å². The van der Waals surface area contributed by atoms with E-state index in [-0.39, 0.29) is 33.0 Å². The molecule has 1 heterocycles. The molecule has 0 amide bonds. The first-order valence-electron chi connectivity index (χ1n) is 13.0. The van der Waals surface area contributed by atoms with E-state index in [9.17, 15) is 15.2 Å². The lowest BCUT2D eigenvalue weighted by Gasteiger charge is -2.47. The maximum absolute atomic E-state index is 12.7. The van der Waals surface area contributed by atoms with Crippen molar-refractivity contribution in [2.75, 3.05) is 19.8 Å². The number of terminal acetylenes is 1.